The zero-order valence-corrected chi connectivity index (χ0v) is 16.7. The Balaban J connectivity index is -0.000000520. The maximum atomic E-state index is 11.0. The number of phosphoric acid groups is 1. The van der Waals surface area contributed by atoms with Crippen LogP contribution in [0.2, 0.25) is 0 Å². The van der Waals surface area contributed by atoms with Crippen molar-refractivity contribution < 1.29 is 58.3 Å². The van der Waals surface area contributed by atoms with E-state index in [2.05, 4.69) is 13.5 Å². The van der Waals surface area contributed by atoms with Gasteiger partial charge in [0, 0.05) is 5.57 Å². The monoisotopic (exact) mass is 346 g/mol. The Morgan fingerprint density at radius 1 is 1.05 bits per heavy atom. The first-order chi connectivity index (χ1) is 9.68. The fraction of sp³-hybridized carbons (Fsp3) is 0.714. The number of esters is 1. The van der Waals surface area contributed by atoms with E-state index in [1.165, 1.54) is 32.1 Å². The molecule has 0 heterocycles. The molecule has 0 aliphatic rings. The van der Waals surface area contributed by atoms with E-state index >= 15 is 0 Å². The maximum Gasteiger partial charge on any atom is 1.00 e. The van der Waals surface area contributed by atoms with Gasteiger partial charge in [0.05, 0.1) is 6.61 Å². The van der Waals surface area contributed by atoms with E-state index in [4.69, 9.17) is 24.0 Å². The second-order valence-electron chi connectivity index (χ2n) is 4.76. The van der Waals surface area contributed by atoms with Crippen LogP contribution in [0.25, 0.3) is 0 Å². The molecule has 6 nitrogen and oxygen atoms in total. The van der Waals surface area contributed by atoms with Crippen molar-refractivity contribution in [3.63, 3.8) is 0 Å². The van der Waals surface area contributed by atoms with Crippen LogP contribution in [0.4, 0.5) is 0 Å². The van der Waals surface area contributed by atoms with Gasteiger partial charge in [-0.1, -0.05) is 45.1 Å². The number of ether oxygens (including phenoxy) is 1. The van der Waals surface area contributed by atoms with Crippen LogP contribution in [0.1, 0.15) is 58.3 Å². The molecule has 0 spiro atoms. The molecule has 3 N–H and O–H groups in total. The largest absolute Gasteiger partial charge is 1.00 e. The standard InChI is InChI=1S/C14H25O2.Na.H3O4P/c1-4-5-6-7-8-9-10-11-12-16-14(15)13(2)3;;1-5(2,3)4/h1-2,4-12H2,3H3;;(H3,1,2,3,4)/q-1;+1;. The number of rotatable bonds is 10. The van der Waals surface area contributed by atoms with Gasteiger partial charge in [0.2, 0.25) is 0 Å². The summed E-state index contributed by atoms with van der Waals surface area (Å²) in [6, 6.07) is 0. The van der Waals surface area contributed by atoms with Gasteiger partial charge in [-0.25, -0.2) is 9.36 Å². The molecule has 0 aliphatic carbocycles. The minimum absolute atomic E-state index is 0. The van der Waals surface area contributed by atoms with E-state index in [0.29, 0.717) is 12.2 Å². The summed E-state index contributed by atoms with van der Waals surface area (Å²) in [5.74, 6) is -0.268. The summed E-state index contributed by atoms with van der Waals surface area (Å²) in [7, 11) is -4.64. The van der Waals surface area contributed by atoms with Gasteiger partial charge in [-0.05, 0) is 13.3 Å². The quantitative estimate of drug-likeness (QED) is 0.130. The van der Waals surface area contributed by atoms with Crippen LogP contribution in [0.3, 0.4) is 0 Å². The Kier molecular flexibility index (Phi) is 21.8. The normalized spacial score (nSPS) is 10.0. The van der Waals surface area contributed by atoms with Gasteiger partial charge in [-0.3, -0.25) is 0 Å². The third-order valence-electron chi connectivity index (χ3n) is 2.48. The molecule has 0 aromatic rings. The summed E-state index contributed by atoms with van der Waals surface area (Å²) in [5, 5.41) is 0. The van der Waals surface area contributed by atoms with Crippen molar-refractivity contribution in [2.75, 3.05) is 6.61 Å². The van der Waals surface area contributed by atoms with Crippen molar-refractivity contribution >= 4 is 13.8 Å². The van der Waals surface area contributed by atoms with E-state index < -0.39 is 7.82 Å². The summed E-state index contributed by atoms with van der Waals surface area (Å²) in [6.45, 7) is 9.56. The van der Waals surface area contributed by atoms with Gasteiger partial charge in [0.25, 0.3) is 0 Å². The molecule has 126 valence electrons. The van der Waals surface area contributed by atoms with Crippen LogP contribution in [0.15, 0.2) is 12.2 Å². The molecule has 0 saturated heterocycles. The molecule has 0 saturated carbocycles. The molecule has 0 unspecified atom stereocenters. The van der Waals surface area contributed by atoms with Crippen LogP contribution in [-0.4, -0.2) is 27.3 Å². The van der Waals surface area contributed by atoms with E-state index in [-0.39, 0.29) is 35.5 Å². The number of carbonyl (C=O) groups excluding carboxylic acids is 1. The summed E-state index contributed by atoms with van der Waals surface area (Å²) in [4.78, 5) is 32.6. The molecule has 0 rings (SSSR count). The van der Waals surface area contributed by atoms with Gasteiger partial charge in [-0.2, -0.15) is 6.42 Å². The molecule has 22 heavy (non-hydrogen) atoms. The van der Waals surface area contributed by atoms with Crippen LogP contribution < -0.4 is 29.6 Å². The fourth-order valence-corrected chi connectivity index (χ4v) is 1.45. The predicted octanol–water partition coefficient (Wildman–Crippen LogP) is 0.136. The Morgan fingerprint density at radius 2 is 1.41 bits per heavy atom. The molecule has 0 radical (unpaired) electrons. The van der Waals surface area contributed by atoms with Crippen molar-refractivity contribution in [1.29, 1.82) is 0 Å². The Bertz CT molecular complexity index is 321. The summed E-state index contributed by atoms with van der Waals surface area (Å²) in [5.41, 5.74) is 0.480. The van der Waals surface area contributed by atoms with Crippen LogP contribution in [0.5, 0.6) is 0 Å². The molecular formula is C14H28NaO6P. The first kappa shape index (κ1) is 27.2. The number of hydrogen-bond acceptors (Lipinski definition) is 3. The van der Waals surface area contributed by atoms with E-state index in [0.717, 1.165) is 19.3 Å². The Morgan fingerprint density at radius 3 is 1.77 bits per heavy atom. The smallest absolute Gasteiger partial charge is 0.462 e. The maximum absolute atomic E-state index is 11.0. The number of unbranched alkanes of at least 4 members (excludes halogenated alkanes) is 7. The van der Waals surface area contributed by atoms with Gasteiger partial charge >= 0.3 is 43.3 Å². The van der Waals surface area contributed by atoms with E-state index in [1.807, 2.05) is 0 Å². The van der Waals surface area contributed by atoms with Crippen molar-refractivity contribution in [2.24, 2.45) is 0 Å². The average Bonchev–Trinajstić information content (AvgIpc) is 2.34. The topological polar surface area (TPSA) is 104 Å². The average molecular weight is 346 g/mol. The van der Waals surface area contributed by atoms with Crippen LogP contribution in [-0.2, 0) is 14.1 Å². The second-order valence-corrected chi connectivity index (χ2v) is 5.78. The van der Waals surface area contributed by atoms with Gasteiger partial charge in [0.15, 0.2) is 0 Å². The molecule has 0 atom stereocenters. The van der Waals surface area contributed by atoms with Crippen LogP contribution >= 0.6 is 7.82 Å². The zero-order chi connectivity index (χ0) is 16.7. The molecule has 0 amide bonds. The third kappa shape index (κ3) is 32.3. The molecule has 0 aromatic heterocycles. The second kappa shape index (κ2) is 17.7. The molecule has 0 bridgehead atoms. The molecule has 0 aliphatic heterocycles. The Hall–Kier alpha value is 0.320. The zero-order valence-electron chi connectivity index (χ0n) is 13.8. The number of carbonyl (C=O) groups is 1. The van der Waals surface area contributed by atoms with Crippen molar-refractivity contribution in [3.8, 4) is 0 Å². The third-order valence-corrected chi connectivity index (χ3v) is 2.48. The predicted molar refractivity (Wildman–Crippen MR) is 82.3 cm³/mol. The first-order valence-corrected chi connectivity index (χ1v) is 8.65. The summed E-state index contributed by atoms with van der Waals surface area (Å²) >= 11 is 0. The molecular weight excluding hydrogens is 318 g/mol. The Labute approximate surface area is 155 Å². The molecule has 0 aromatic carbocycles. The molecule has 0 fully saturated rings. The van der Waals surface area contributed by atoms with E-state index in [9.17, 15) is 4.79 Å². The number of hydrogen-bond donors (Lipinski definition) is 3. The molecule has 8 heteroatoms. The summed E-state index contributed by atoms with van der Waals surface area (Å²) < 4.78 is 13.9. The summed E-state index contributed by atoms with van der Waals surface area (Å²) in [6.07, 6.45) is 9.54. The first-order valence-electron chi connectivity index (χ1n) is 7.08. The van der Waals surface area contributed by atoms with Crippen molar-refractivity contribution in [2.45, 2.75) is 58.3 Å². The minimum atomic E-state index is -4.64. The van der Waals surface area contributed by atoms with Gasteiger partial charge < -0.3 is 26.3 Å². The minimum Gasteiger partial charge on any atom is -0.462 e. The van der Waals surface area contributed by atoms with Crippen molar-refractivity contribution in [1.82, 2.24) is 0 Å². The van der Waals surface area contributed by atoms with Gasteiger partial charge in [-0.15, -0.1) is 0 Å². The fourth-order valence-electron chi connectivity index (χ4n) is 1.45. The SMILES string of the molecule is C=C(C)C(=O)OCCCCCCCCC[CH2-].O=P(O)(O)O.[Na+]. The van der Waals surface area contributed by atoms with Crippen molar-refractivity contribution in [3.05, 3.63) is 19.1 Å². The van der Waals surface area contributed by atoms with E-state index in [1.54, 1.807) is 6.92 Å². The van der Waals surface area contributed by atoms with Crippen LogP contribution in [0, 0.1) is 6.92 Å². The van der Waals surface area contributed by atoms with Gasteiger partial charge in [0.1, 0.15) is 0 Å².